The van der Waals surface area contributed by atoms with Crippen molar-refractivity contribution >= 4 is 5.78 Å². The largest absolute Gasteiger partial charge is 0.353 e. The second-order valence-electron chi connectivity index (χ2n) is 10.4. The van der Waals surface area contributed by atoms with Gasteiger partial charge < -0.3 is 18.9 Å². The summed E-state index contributed by atoms with van der Waals surface area (Å²) in [6, 6.07) is 0. The van der Waals surface area contributed by atoms with Crippen LogP contribution in [0.1, 0.15) is 96.8 Å². The third kappa shape index (κ3) is 6.88. The maximum atomic E-state index is 12.2. The van der Waals surface area contributed by atoms with E-state index in [0.717, 1.165) is 58.2 Å². The molecule has 0 aromatic rings. The highest BCUT2D eigenvalue weighted by Crippen LogP contribution is 2.48. The van der Waals surface area contributed by atoms with E-state index >= 15 is 0 Å². The van der Waals surface area contributed by atoms with Crippen molar-refractivity contribution in [3.05, 3.63) is 12.2 Å². The van der Waals surface area contributed by atoms with Crippen molar-refractivity contribution < 1.29 is 23.7 Å². The Hall–Kier alpha value is -0.750. The monoisotopic (exact) mass is 448 g/mol. The molecule has 32 heavy (non-hydrogen) atoms. The van der Waals surface area contributed by atoms with Gasteiger partial charge in [0.25, 0.3) is 0 Å². The molecule has 2 saturated carbocycles. The van der Waals surface area contributed by atoms with E-state index < -0.39 is 0 Å². The molecular weight excluding hydrogens is 404 g/mol. The summed E-state index contributed by atoms with van der Waals surface area (Å²) in [6.45, 7) is 3.86. The number of unbranched alkanes of at least 4 members (excludes halogenated alkanes) is 3. The molecule has 4 fully saturated rings. The summed E-state index contributed by atoms with van der Waals surface area (Å²) < 4.78 is 24.6. The summed E-state index contributed by atoms with van der Waals surface area (Å²) in [4.78, 5) is 12.2. The van der Waals surface area contributed by atoms with Crippen LogP contribution in [0, 0.1) is 17.8 Å². The number of rotatable bonds is 11. The van der Waals surface area contributed by atoms with Crippen LogP contribution in [0.3, 0.4) is 0 Å². The summed E-state index contributed by atoms with van der Waals surface area (Å²) in [5.41, 5.74) is 0. The molecule has 2 aliphatic heterocycles. The van der Waals surface area contributed by atoms with Crippen LogP contribution in [0.4, 0.5) is 0 Å². The normalized spacial score (nSPS) is 36.6. The highest BCUT2D eigenvalue weighted by atomic mass is 16.7. The van der Waals surface area contributed by atoms with Gasteiger partial charge in [0.05, 0.1) is 12.2 Å². The van der Waals surface area contributed by atoms with Crippen LogP contribution in [0.5, 0.6) is 0 Å². The molecule has 4 rings (SSSR count). The first-order valence-electron chi connectivity index (χ1n) is 13.5. The zero-order valence-electron chi connectivity index (χ0n) is 20.1. The fourth-order valence-corrected chi connectivity index (χ4v) is 6.07. The van der Waals surface area contributed by atoms with E-state index in [-0.39, 0.29) is 30.7 Å². The van der Waals surface area contributed by atoms with E-state index in [0.29, 0.717) is 24.0 Å². The van der Waals surface area contributed by atoms with Gasteiger partial charge in [0.15, 0.2) is 12.6 Å². The highest BCUT2D eigenvalue weighted by molar-refractivity contribution is 5.81. The molecule has 0 aromatic carbocycles. The van der Waals surface area contributed by atoms with Crippen LogP contribution in [0.2, 0.25) is 0 Å². The van der Waals surface area contributed by atoms with Gasteiger partial charge in [-0.3, -0.25) is 4.79 Å². The van der Waals surface area contributed by atoms with E-state index in [1.165, 1.54) is 38.5 Å². The molecule has 7 atom stereocenters. The van der Waals surface area contributed by atoms with Crippen LogP contribution in [0.25, 0.3) is 0 Å². The first-order valence-corrected chi connectivity index (χ1v) is 13.5. The minimum Gasteiger partial charge on any atom is -0.353 e. The molecule has 182 valence electrons. The van der Waals surface area contributed by atoms with Gasteiger partial charge in [-0.15, -0.1) is 0 Å². The standard InChI is InChI=1S/C27H44O5/c1-2-3-4-5-10-22(31-26-11-6-8-15-29-26)13-14-23-24-19-21(28)17-20(24)18-25(23)32-27-12-7-9-16-30-27/h13-14,20,22-27H,2-12,15-19H2,1H3/t20-,22-,23+,24-,25+,26?,27?/m0/s1. The lowest BCUT2D eigenvalue weighted by atomic mass is 9.90. The smallest absolute Gasteiger partial charge is 0.158 e. The Bertz CT molecular complexity index is 593. The molecule has 2 unspecified atom stereocenters. The summed E-state index contributed by atoms with van der Waals surface area (Å²) in [6.07, 6.45) is 19.7. The van der Waals surface area contributed by atoms with E-state index in [1.54, 1.807) is 0 Å². The second-order valence-corrected chi connectivity index (χ2v) is 10.4. The SMILES string of the molecule is CCCCCC[C@@H](C=C[C@@H]1[C@H]2CC(=O)C[C@H]2C[C@H]1OC1CCCCO1)OC1CCCCO1. The molecular formula is C27H44O5. The number of ketones is 1. The third-order valence-corrected chi connectivity index (χ3v) is 7.84. The molecule has 0 N–H and O–H groups in total. The molecule has 0 aromatic heterocycles. The summed E-state index contributed by atoms with van der Waals surface area (Å²) in [5, 5.41) is 0. The van der Waals surface area contributed by atoms with Gasteiger partial charge >= 0.3 is 0 Å². The first-order chi connectivity index (χ1) is 15.7. The molecule has 4 aliphatic rings. The predicted molar refractivity (Wildman–Crippen MR) is 124 cm³/mol. The van der Waals surface area contributed by atoms with Gasteiger partial charge in [-0.25, -0.2) is 0 Å². The number of fused-ring (bicyclic) bond motifs is 1. The second kappa shape index (κ2) is 12.6. The van der Waals surface area contributed by atoms with Crippen molar-refractivity contribution in [2.45, 2.75) is 122 Å². The highest BCUT2D eigenvalue weighted by Gasteiger charge is 2.48. The quantitative estimate of drug-likeness (QED) is 0.289. The Labute approximate surface area is 194 Å². The van der Waals surface area contributed by atoms with Crippen LogP contribution in [0.15, 0.2) is 12.2 Å². The molecule has 2 heterocycles. The maximum absolute atomic E-state index is 12.2. The molecule has 0 bridgehead atoms. The van der Waals surface area contributed by atoms with Crippen molar-refractivity contribution in [1.29, 1.82) is 0 Å². The van der Waals surface area contributed by atoms with Crippen LogP contribution < -0.4 is 0 Å². The molecule has 5 nitrogen and oxygen atoms in total. The molecule has 0 radical (unpaired) electrons. The summed E-state index contributed by atoms with van der Waals surface area (Å²) >= 11 is 0. The van der Waals surface area contributed by atoms with Crippen LogP contribution >= 0.6 is 0 Å². The van der Waals surface area contributed by atoms with Gasteiger partial charge in [0, 0.05) is 32.0 Å². The lowest BCUT2D eigenvalue weighted by Crippen LogP contribution is -2.31. The first kappa shape index (κ1) is 24.4. The Morgan fingerprint density at radius 3 is 2.50 bits per heavy atom. The Balaban J connectivity index is 1.40. The molecule has 0 spiro atoms. The molecule has 5 heteroatoms. The Morgan fingerprint density at radius 2 is 1.78 bits per heavy atom. The van der Waals surface area contributed by atoms with Crippen molar-refractivity contribution in [2.75, 3.05) is 13.2 Å². The lowest BCUT2D eigenvalue weighted by molar-refractivity contribution is -0.193. The number of carbonyl (C=O) groups is 1. The fourth-order valence-electron chi connectivity index (χ4n) is 6.07. The molecule has 2 saturated heterocycles. The van der Waals surface area contributed by atoms with E-state index in [4.69, 9.17) is 18.9 Å². The van der Waals surface area contributed by atoms with Crippen molar-refractivity contribution in [3.8, 4) is 0 Å². The van der Waals surface area contributed by atoms with Gasteiger partial charge in [0.1, 0.15) is 5.78 Å². The van der Waals surface area contributed by atoms with E-state index in [2.05, 4.69) is 19.1 Å². The van der Waals surface area contributed by atoms with Crippen LogP contribution in [-0.4, -0.2) is 43.8 Å². The Morgan fingerprint density at radius 1 is 1.00 bits per heavy atom. The zero-order chi connectivity index (χ0) is 22.2. The molecule has 2 aliphatic carbocycles. The third-order valence-electron chi connectivity index (χ3n) is 7.84. The predicted octanol–water partition coefficient (Wildman–Crippen LogP) is 5.95. The number of hydrogen-bond donors (Lipinski definition) is 0. The molecule has 0 amide bonds. The number of carbonyl (C=O) groups excluding carboxylic acids is 1. The minimum absolute atomic E-state index is 0.0726. The minimum atomic E-state index is -0.0732. The summed E-state index contributed by atoms with van der Waals surface area (Å²) in [7, 11) is 0. The number of hydrogen-bond acceptors (Lipinski definition) is 5. The van der Waals surface area contributed by atoms with Crippen molar-refractivity contribution in [2.24, 2.45) is 17.8 Å². The lowest BCUT2D eigenvalue weighted by Gasteiger charge is -2.30. The van der Waals surface area contributed by atoms with Gasteiger partial charge in [0.2, 0.25) is 0 Å². The van der Waals surface area contributed by atoms with Gasteiger partial charge in [-0.05, 0) is 63.2 Å². The van der Waals surface area contributed by atoms with Gasteiger partial charge in [-0.1, -0.05) is 44.8 Å². The van der Waals surface area contributed by atoms with Crippen molar-refractivity contribution in [3.63, 3.8) is 0 Å². The Kier molecular flexibility index (Phi) is 9.63. The average molecular weight is 449 g/mol. The van der Waals surface area contributed by atoms with E-state index in [1.807, 2.05) is 0 Å². The van der Waals surface area contributed by atoms with Crippen LogP contribution in [-0.2, 0) is 23.7 Å². The topological polar surface area (TPSA) is 54.0 Å². The number of ether oxygens (including phenoxy) is 4. The fraction of sp³-hybridized carbons (Fsp3) is 0.889. The summed E-state index contributed by atoms with van der Waals surface area (Å²) in [5.74, 6) is 1.59. The average Bonchev–Trinajstić information content (AvgIpc) is 3.31. The number of Topliss-reactive ketones (excluding diaryl/α,β-unsaturated/α-hetero) is 1. The van der Waals surface area contributed by atoms with E-state index in [9.17, 15) is 4.79 Å². The van der Waals surface area contributed by atoms with Gasteiger partial charge in [-0.2, -0.15) is 0 Å². The van der Waals surface area contributed by atoms with Crippen molar-refractivity contribution in [1.82, 2.24) is 0 Å². The maximum Gasteiger partial charge on any atom is 0.158 e. The zero-order valence-corrected chi connectivity index (χ0v) is 20.1.